The van der Waals surface area contributed by atoms with Gasteiger partial charge in [0.05, 0.1) is 24.7 Å². The van der Waals surface area contributed by atoms with Crippen molar-refractivity contribution in [2.75, 3.05) is 19.7 Å². The predicted molar refractivity (Wildman–Crippen MR) is 73.1 cm³/mol. The van der Waals surface area contributed by atoms with Gasteiger partial charge in [-0.1, -0.05) is 42.6 Å². The number of rotatable bonds is 8. The van der Waals surface area contributed by atoms with Crippen LogP contribution in [-0.2, 0) is 0 Å². The Labute approximate surface area is 113 Å². The summed E-state index contributed by atoms with van der Waals surface area (Å²) >= 11 is 11.9. The van der Waals surface area contributed by atoms with Crippen molar-refractivity contribution in [2.24, 2.45) is 0 Å². The first-order chi connectivity index (χ1) is 8.25. The predicted octanol–water partition coefficient (Wildman–Crippen LogP) is 3.13. The van der Waals surface area contributed by atoms with Crippen molar-refractivity contribution >= 4 is 23.2 Å². The van der Waals surface area contributed by atoms with E-state index in [9.17, 15) is 0 Å². The van der Waals surface area contributed by atoms with Gasteiger partial charge in [-0.3, -0.25) is 0 Å². The first kappa shape index (κ1) is 14.6. The van der Waals surface area contributed by atoms with Crippen LogP contribution in [0.25, 0.3) is 0 Å². The van der Waals surface area contributed by atoms with Gasteiger partial charge < -0.3 is 10.1 Å². The number of unbranched alkanes of at least 4 members (excludes halogenated alkanes) is 1. The number of quaternary nitrogens is 1. The minimum Gasteiger partial charge on any atom is -0.492 e. The van der Waals surface area contributed by atoms with Gasteiger partial charge in [0.2, 0.25) is 0 Å². The average molecular weight is 277 g/mol. The van der Waals surface area contributed by atoms with Crippen molar-refractivity contribution in [3.05, 3.63) is 28.2 Å². The second-order valence-electron chi connectivity index (χ2n) is 3.97. The van der Waals surface area contributed by atoms with E-state index in [0.29, 0.717) is 22.4 Å². The van der Waals surface area contributed by atoms with Crippen LogP contribution in [0.4, 0.5) is 0 Å². The lowest BCUT2D eigenvalue weighted by atomic mass is 10.3. The average Bonchev–Trinajstić information content (AvgIpc) is 2.33. The molecule has 1 aromatic carbocycles. The number of ether oxygens (including phenoxy) is 1. The van der Waals surface area contributed by atoms with E-state index in [1.807, 2.05) is 12.1 Å². The minimum atomic E-state index is 0.504. The number of benzene rings is 1. The van der Waals surface area contributed by atoms with Crippen LogP contribution in [0.1, 0.15) is 26.2 Å². The van der Waals surface area contributed by atoms with Crippen LogP contribution in [0.3, 0.4) is 0 Å². The molecule has 0 amide bonds. The quantitative estimate of drug-likeness (QED) is 0.726. The minimum absolute atomic E-state index is 0.504. The van der Waals surface area contributed by atoms with Crippen LogP contribution in [0.15, 0.2) is 18.2 Å². The smallest absolute Gasteiger partial charge is 0.139 e. The monoisotopic (exact) mass is 276 g/mol. The molecule has 1 aromatic rings. The topological polar surface area (TPSA) is 25.8 Å². The molecule has 0 unspecified atom stereocenters. The molecule has 0 atom stereocenters. The lowest BCUT2D eigenvalue weighted by Crippen LogP contribution is -2.84. The molecule has 0 heterocycles. The van der Waals surface area contributed by atoms with Crippen LogP contribution in [0.2, 0.25) is 10.0 Å². The normalized spacial score (nSPS) is 10.5. The van der Waals surface area contributed by atoms with Gasteiger partial charge in [-0.15, -0.1) is 0 Å². The Morgan fingerprint density at radius 3 is 2.71 bits per heavy atom. The SMILES string of the molecule is CCCC[NH2+]CCCOc1cccc(Cl)c1Cl. The van der Waals surface area contributed by atoms with E-state index in [1.165, 1.54) is 19.4 Å². The van der Waals surface area contributed by atoms with Crippen molar-refractivity contribution in [1.29, 1.82) is 0 Å². The van der Waals surface area contributed by atoms with Crippen LogP contribution >= 0.6 is 23.2 Å². The van der Waals surface area contributed by atoms with E-state index in [0.717, 1.165) is 13.0 Å². The first-order valence-corrected chi connectivity index (χ1v) is 6.89. The van der Waals surface area contributed by atoms with Crippen molar-refractivity contribution in [3.63, 3.8) is 0 Å². The Hall–Kier alpha value is -0.440. The van der Waals surface area contributed by atoms with Crippen molar-refractivity contribution in [3.8, 4) is 5.75 Å². The molecule has 0 saturated carbocycles. The maximum Gasteiger partial charge on any atom is 0.139 e. The molecule has 0 saturated heterocycles. The fraction of sp³-hybridized carbons (Fsp3) is 0.538. The zero-order valence-corrected chi connectivity index (χ0v) is 11.7. The first-order valence-electron chi connectivity index (χ1n) is 6.14. The van der Waals surface area contributed by atoms with E-state index in [1.54, 1.807) is 6.07 Å². The van der Waals surface area contributed by atoms with Crippen LogP contribution in [0.5, 0.6) is 5.75 Å². The zero-order chi connectivity index (χ0) is 12.5. The van der Waals surface area contributed by atoms with E-state index in [4.69, 9.17) is 27.9 Å². The molecule has 96 valence electrons. The maximum absolute atomic E-state index is 6.01. The number of halogens is 2. The molecule has 0 radical (unpaired) electrons. The van der Waals surface area contributed by atoms with Crippen molar-refractivity contribution in [2.45, 2.75) is 26.2 Å². The van der Waals surface area contributed by atoms with Crippen molar-refractivity contribution < 1.29 is 10.1 Å². The van der Waals surface area contributed by atoms with Gasteiger partial charge in [0.25, 0.3) is 0 Å². The molecule has 17 heavy (non-hydrogen) atoms. The summed E-state index contributed by atoms with van der Waals surface area (Å²) in [6, 6.07) is 5.45. The standard InChI is InChI=1S/C13H19Cl2NO/c1-2-3-8-16-9-5-10-17-12-7-4-6-11(14)13(12)15/h4,6-7,16H,2-3,5,8-10H2,1H3/p+1. The Morgan fingerprint density at radius 1 is 1.18 bits per heavy atom. The summed E-state index contributed by atoms with van der Waals surface area (Å²) in [7, 11) is 0. The Balaban J connectivity index is 2.16. The maximum atomic E-state index is 6.01. The molecule has 4 heteroatoms. The van der Waals surface area contributed by atoms with Crippen molar-refractivity contribution in [1.82, 2.24) is 0 Å². The third kappa shape index (κ3) is 5.62. The molecular formula is C13H20Cl2NO+. The summed E-state index contributed by atoms with van der Waals surface area (Å²) in [6.07, 6.45) is 3.55. The second-order valence-corrected chi connectivity index (χ2v) is 4.76. The molecule has 0 aliphatic heterocycles. The molecule has 0 aliphatic rings. The highest BCUT2D eigenvalue weighted by Gasteiger charge is 2.04. The molecular weight excluding hydrogens is 257 g/mol. The van der Waals surface area contributed by atoms with Gasteiger partial charge >= 0.3 is 0 Å². The summed E-state index contributed by atoms with van der Waals surface area (Å²) in [4.78, 5) is 0. The molecule has 0 fully saturated rings. The molecule has 0 aliphatic carbocycles. The summed E-state index contributed by atoms with van der Waals surface area (Å²) in [5, 5.41) is 3.37. The number of hydrogen-bond acceptors (Lipinski definition) is 1. The highest BCUT2D eigenvalue weighted by molar-refractivity contribution is 6.42. The summed E-state index contributed by atoms with van der Waals surface area (Å²) in [6.45, 7) is 5.19. The third-order valence-electron chi connectivity index (χ3n) is 2.49. The molecule has 0 bridgehead atoms. The third-order valence-corrected chi connectivity index (χ3v) is 3.29. The fourth-order valence-electron chi connectivity index (χ4n) is 1.50. The van der Waals surface area contributed by atoms with Gasteiger partial charge in [-0.2, -0.15) is 0 Å². The van der Waals surface area contributed by atoms with E-state index in [-0.39, 0.29) is 0 Å². The van der Waals surface area contributed by atoms with Crippen LogP contribution < -0.4 is 10.1 Å². The largest absolute Gasteiger partial charge is 0.492 e. The summed E-state index contributed by atoms with van der Waals surface area (Å²) in [5.74, 6) is 0.674. The molecule has 0 spiro atoms. The molecule has 0 aromatic heterocycles. The number of nitrogens with two attached hydrogens (primary N) is 1. The lowest BCUT2D eigenvalue weighted by molar-refractivity contribution is -0.655. The van der Waals surface area contributed by atoms with Gasteiger partial charge in [-0.25, -0.2) is 0 Å². The fourth-order valence-corrected chi connectivity index (χ4v) is 1.84. The van der Waals surface area contributed by atoms with Gasteiger partial charge in [-0.05, 0) is 18.6 Å². The number of hydrogen-bond donors (Lipinski definition) is 1. The summed E-state index contributed by atoms with van der Waals surface area (Å²) in [5.41, 5.74) is 0. The summed E-state index contributed by atoms with van der Waals surface area (Å²) < 4.78 is 5.59. The highest BCUT2D eigenvalue weighted by Crippen LogP contribution is 2.31. The second kappa shape index (κ2) is 8.62. The van der Waals surface area contributed by atoms with Gasteiger partial charge in [0.1, 0.15) is 10.8 Å². The Bertz CT molecular complexity index is 331. The lowest BCUT2D eigenvalue weighted by Gasteiger charge is -2.08. The molecule has 2 N–H and O–H groups in total. The Morgan fingerprint density at radius 2 is 1.94 bits per heavy atom. The van der Waals surface area contributed by atoms with Crippen LogP contribution in [-0.4, -0.2) is 19.7 Å². The van der Waals surface area contributed by atoms with Gasteiger partial charge in [0, 0.05) is 6.42 Å². The Kier molecular flexibility index (Phi) is 7.41. The van der Waals surface area contributed by atoms with E-state index in [2.05, 4.69) is 12.2 Å². The van der Waals surface area contributed by atoms with Gasteiger partial charge in [0.15, 0.2) is 0 Å². The molecule has 2 nitrogen and oxygen atoms in total. The van der Waals surface area contributed by atoms with E-state index < -0.39 is 0 Å². The zero-order valence-electron chi connectivity index (χ0n) is 10.2. The highest BCUT2D eigenvalue weighted by atomic mass is 35.5. The molecule has 1 rings (SSSR count). The van der Waals surface area contributed by atoms with E-state index >= 15 is 0 Å². The van der Waals surface area contributed by atoms with Crippen LogP contribution in [0, 0.1) is 0 Å².